The van der Waals surface area contributed by atoms with Gasteiger partial charge in [-0.2, -0.15) is 0 Å². The van der Waals surface area contributed by atoms with Gasteiger partial charge in [0.2, 0.25) is 0 Å². The van der Waals surface area contributed by atoms with Crippen molar-refractivity contribution in [3.05, 3.63) is 29.0 Å². The molecule has 1 N–H and O–H groups in total. The summed E-state index contributed by atoms with van der Waals surface area (Å²) in [6.07, 6.45) is 2.19. The van der Waals surface area contributed by atoms with E-state index >= 15 is 0 Å². The Balaban J connectivity index is 2.15. The van der Waals surface area contributed by atoms with Crippen LogP contribution < -0.4 is 10.2 Å². The van der Waals surface area contributed by atoms with E-state index in [1.165, 1.54) is 6.07 Å². The lowest BCUT2D eigenvalue weighted by Crippen LogP contribution is -2.38. The van der Waals surface area contributed by atoms with E-state index in [9.17, 15) is 4.39 Å². The van der Waals surface area contributed by atoms with Gasteiger partial charge in [-0.15, -0.1) is 0 Å². The fourth-order valence-corrected chi connectivity index (χ4v) is 2.91. The van der Waals surface area contributed by atoms with Crippen LogP contribution in [-0.4, -0.2) is 25.7 Å². The molecule has 1 atom stereocenters. The monoisotopic (exact) mass is 284 g/mol. The highest BCUT2D eigenvalue weighted by molar-refractivity contribution is 6.33. The zero-order chi connectivity index (χ0) is 13.8. The van der Waals surface area contributed by atoms with Gasteiger partial charge in [0.05, 0.1) is 10.7 Å². The number of hydrogen-bond acceptors (Lipinski definition) is 2. The molecule has 0 aliphatic carbocycles. The Kier molecular flexibility index (Phi) is 5.06. The van der Waals surface area contributed by atoms with Crippen molar-refractivity contribution >= 4 is 17.3 Å². The number of benzene rings is 1. The molecule has 106 valence electrons. The van der Waals surface area contributed by atoms with Crippen LogP contribution in [0.1, 0.15) is 26.7 Å². The molecule has 1 fully saturated rings. The minimum Gasteiger partial charge on any atom is -0.369 e. The third-order valence-corrected chi connectivity index (χ3v) is 3.80. The van der Waals surface area contributed by atoms with Crippen molar-refractivity contribution in [2.45, 2.75) is 32.7 Å². The van der Waals surface area contributed by atoms with E-state index in [-0.39, 0.29) is 5.82 Å². The molecule has 0 saturated carbocycles. The van der Waals surface area contributed by atoms with Crippen molar-refractivity contribution in [3.63, 3.8) is 0 Å². The summed E-state index contributed by atoms with van der Waals surface area (Å²) in [7, 11) is 0. The van der Waals surface area contributed by atoms with Gasteiger partial charge in [-0.05, 0) is 43.5 Å². The maximum atomic E-state index is 13.4. The fraction of sp³-hybridized carbons (Fsp3) is 0.600. The SMILES string of the molecule is CC(C)CC1CN(c2cc(F)ccc2Cl)CCCN1. The highest BCUT2D eigenvalue weighted by Gasteiger charge is 2.20. The topological polar surface area (TPSA) is 15.3 Å². The van der Waals surface area contributed by atoms with Crippen LogP contribution in [0.4, 0.5) is 10.1 Å². The Hall–Kier alpha value is -0.800. The van der Waals surface area contributed by atoms with E-state index in [1.54, 1.807) is 12.1 Å². The van der Waals surface area contributed by atoms with Gasteiger partial charge in [-0.25, -0.2) is 4.39 Å². The zero-order valence-electron chi connectivity index (χ0n) is 11.6. The number of nitrogens with zero attached hydrogens (tertiary/aromatic N) is 1. The van der Waals surface area contributed by atoms with Crippen molar-refractivity contribution in [3.8, 4) is 0 Å². The van der Waals surface area contributed by atoms with Gasteiger partial charge in [0.15, 0.2) is 0 Å². The van der Waals surface area contributed by atoms with Gasteiger partial charge < -0.3 is 10.2 Å². The normalized spacial score (nSPS) is 20.7. The summed E-state index contributed by atoms with van der Waals surface area (Å²) < 4.78 is 13.4. The average Bonchev–Trinajstić information content (AvgIpc) is 2.57. The van der Waals surface area contributed by atoms with Crippen LogP contribution in [0.3, 0.4) is 0 Å². The van der Waals surface area contributed by atoms with Gasteiger partial charge >= 0.3 is 0 Å². The number of rotatable bonds is 3. The summed E-state index contributed by atoms with van der Waals surface area (Å²) in [5.74, 6) is 0.428. The molecule has 0 aromatic heterocycles. The molecule has 1 aromatic carbocycles. The van der Waals surface area contributed by atoms with Gasteiger partial charge in [0.1, 0.15) is 5.82 Å². The molecule has 4 heteroatoms. The van der Waals surface area contributed by atoms with E-state index in [1.807, 2.05) is 0 Å². The van der Waals surface area contributed by atoms with E-state index in [0.29, 0.717) is 17.0 Å². The lowest BCUT2D eigenvalue weighted by molar-refractivity contribution is 0.436. The lowest BCUT2D eigenvalue weighted by Gasteiger charge is -2.28. The first-order valence-corrected chi connectivity index (χ1v) is 7.37. The first-order valence-electron chi connectivity index (χ1n) is 6.99. The van der Waals surface area contributed by atoms with Crippen LogP contribution in [0.5, 0.6) is 0 Å². The predicted molar refractivity (Wildman–Crippen MR) is 79.5 cm³/mol. The molecule has 0 bridgehead atoms. The van der Waals surface area contributed by atoms with E-state index < -0.39 is 0 Å². The molecule has 0 spiro atoms. The summed E-state index contributed by atoms with van der Waals surface area (Å²) in [5.41, 5.74) is 0.819. The third-order valence-electron chi connectivity index (χ3n) is 3.48. The molecular formula is C15H22ClFN2. The number of halogens is 2. The smallest absolute Gasteiger partial charge is 0.125 e. The Labute approximate surface area is 119 Å². The molecule has 1 aliphatic heterocycles. The van der Waals surface area contributed by atoms with Crippen LogP contribution in [-0.2, 0) is 0 Å². The summed E-state index contributed by atoms with van der Waals surface area (Å²) in [4.78, 5) is 2.21. The Morgan fingerprint density at radius 1 is 1.47 bits per heavy atom. The van der Waals surface area contributed by atoms with Gasteiger partial charge in [0, 0.05) is 19.1 Å². The second-order valence-corrected chi connectivity index (χ2v) is 6.08. The number of anilines is 1. The van der Waals surface area contributed by atoms with E-state index in [4.69, 9.17) is 11.6 Å². The molecule has 0 amide bonds. The van der Waals surface area contributed by atoms with Crippen molar-refractivity contribution in [2.24, 2.45) is 5.92 Å². The molecule has 0 radical (unpaired) electrons. The Bertz CT molecular complexity index is 423. The fourth-order valence-electron chi connectivity index (χ4n) is 2.67. The quantitative estimate of drug-likeness (QED) is 0.911. The van der Waals surface area contributed by atoms with Crippen molar-refractivity contribution < 1.29 is 4.39 Å². The van der Waals surface area contributed by atoms with Crippen molar-refractivity contribution in [1.29, 1.82) is 0 Å². The maximum Gasteiger partial charge on any atom is 0.125 e. The molecule has 1 heterocycles. The second kappa shape index (κ2) is 6.58. The van der Waals surface area contributed by atoms with Crippen LogP contribution >= 0.6 is 11.6 Å². The van der Waals surface area contributed by atoms with E-state index in [2.05, 4.69) is 24.1 Å². The summed E-state index contributed by atoms with van der Waals surface area (Å²) in [5, 5.41) is 4.20. The Morgan fingerprint density at radius 2 is 2.26 bits per heavy atom. The third kappa shape index (κ3) is 4.08. The van der Waals surface area contributed by atoms with Crippen LogP contribution in [0, 0.1) is 11.7 Å². The summed E-state index contributed by atoms with van der Waals surface area (Å²) in [6.45, 7) is 7.28. The van der Waals surface area contributed by atoms with Crippen LogP contribution in [0.2, 0.25) is 5.02 Å². The zero-order valence-corrected chi connectivity index (χ0v) is 12.4. The minimum absolute atomic E-state index is 0.225. The van der Waals surface area contributed by atoms with E-state index in [0.717, 1.165) is 38.2 Å². The molecule has 19 heavy (non-hydrogen) atoms. The number of hydrogen-bond donors (Lipinski definition) is 1. The molecule has 1 unspecified atom stereocenters. The first-order chi connectivity index (χ1) is 9.06. The first kappa shape index (κ1) is 14.6. The van der Waals surface area contributed by atoms with Gasteiger partial charge in [-0.1, -0.05) is 25.4 Å². The van der Waals surface area contributed by atoms with Gasteiger partial charge in [0.25, 0.3) is 0 Å². The van der Waals surface area contributed by atoms with Crippen LogP contribution in [0.15, 0.2) is 18.2 Å². The summed E-state index contributed by atoms with van der Waals surface area (Å²) >= 11 is 6.21. The highest BCUT2D eigenvalue weighted by atomic mass is 35.5. The molecule has 2 rings (SSSR count). The van der Waals surface area contributed by atoms with Crippen molar-refractivity contribution in [1.82, 2.24) is 5.32 Å². The molecule has 1 saturated heterocycles. The largest absolute Gasteiger partial charge is 0.369 e. The molecule has 1 aliphatic rings. The Morgan fingerprint density at radius 3 is 3.00 bits per heavy atom. The molecule has 1 aromatic rings. The minimum atomic E-state index is -0.225. The molecular weight excluding hydrogens is 263 g/mol. The maximum absolute atomic E-state index is 13.4. The van der Waals surface area contributed by atoms with Crippen molar-refractivity contribution in [2.75, 3.05) is 24.5 Å². The summed E-state index contributed by atoms with van der Waals surface area (Å²) in [6, 6.07) is 5.04. The van der Waals surface area contributed by atoms with Crippen LogP contribution in [0.25, 0.3) is 0 Å². The highest BCUT2D eigenvalue weighted by Crippen LogP contribution is 2.28. The second-order valence-electron chi connectivity index (χ2n) is 5.68. The molecule has 2 nitrogen and oxygen atoms in total. The lowest BCUT2D eigenvalue weighted by atomic mass is 10.0. The van der Waals surface area contributed by atoms with Gasteiger partial charge in [-0.3, -0.25) is 0 Å². The average molecular weight is 285 g/mol. The standard InChI is InChI=1S/C15H22ClFN2/c1-11(2)8-13-10-19(7-3-6-18-13)15-9-12(17)4-5-14(15)16/h4-5,9,11,13,18H,3,6-8,10H2,1-2H3. The number of nitrogens with one attached hydrogen (secondary N) is 1. The predicted octanol–water partition coefficient (Wildman–Crippen LogP) is 3.69.